The molecular formula is C11H22N2O. The van der Waals surface area contributed by atoms with Gasteiger partial charge < -0.3 is 10.6 Å². The molecule has 1 fully saturated rings. The second-order valence-electron chi connectivity index (χ2n) is 4.28. The van der Waals surface area contributed by atoms with Crippen LogP contribution in [0.2, 0.25) is 0 Å². The third kappa shape index (κ3) is 2.63. The van der Waals surface area contributed by atoms with Crippen LogP contribution in [0.15, 0.2) is 0 Å². The van der Waals surface area contributed by atoms with Crippen molar-refractivity contribution >= 4 is 6.03 Å². The van der Waals surface area contributed by atoms with E-state index in [1.807, 2.05) is 0 Å². The summed E-state index contributed by atoms with van der Waals surface area (Å²) in [6, 6.07) is 0.665. The highest BCUT2D eigenvalue weighted by molar-refractivity contribution is 5.77. The molecule has 0 radical (unpaired) electrons. The highest BCUT2D eigenvalue weighted by Crippen LogP contribution is 2.19. The summed E-state index contributed by atoms with van der Waals surface area (Å²) in [6.07, 6.45) is 4.71. The first kappa shape index (κ1) is 11.3. The topological polar surface area (TPSA) is 41.1 Å². The van der Waals surface area contributed by atoms with Gasteiger partial charge in [-0.15, -0.1) is 0 Å². The largest absolute Gasteiger partial charge is 0.333 e. The van der Waals surface area contributed by atoms with Crippen LogP contribution in [0.4, 0.5) is 4.79 Å². The quantitative estimate of drug-likeness (QED) is 0.699. The Balaban J connectivity index is 2.44. The Labute approximate surface area is 86.6 Å². The molecule has 1 aliphatic rings. The van der Waals surface area contributed by atoms with Gasteiger partial charge in [0.25, 0.3) is 0 Å². The third-order valence-corrected chi connectivity index (χ3v) is 3.11. The lowest BCUT2D eigenvalue weighted by Gasteiger charge is -2.23. The number of carbonyl (C=O) groups is 1. The van der Waals surface area contributed by atoms with Gasteiger partial charge in [0.15, 0.2) is 0 Å². The van der Waals surface area contributed by atoms with Crippen LogP contribution < -0.4 is 10.6 Å². The molecule has 3 unspecified atom stereocenters. The molecule has 0 aromatic heterocycles. The molecule has 82 valence electrons. The highest BCUT2D eigenvalue weighted by atomic mass is 16.2. The third-order valence-electron chi connectivity index (χ3n) is 3.11. The minimum Gasteiger partial charge on any atom is -0.333 e. The molecule has 0 aromatic carbocycles. The maximum absolute atomic E-state index is 11.2. The molecule has 3 heteroatoms. The first-order valence-corrected chi connectivity index (χ1v) is 5.76. The van der Waals surface area contributed by atoms with Gasteiger partial charge in [-0.1, -0.05) is 33.6 Å². The number of amides is 2. The van der Waals surface area contributed by atoms with Crippen LogP contribution in [0.1, 0.15) is 46.5 Å². The van der Waals surface area contributed by atoms with Gasteiger partial charge in [0.1, 0.15) is 0 Å². The lowest BCUT2D eigenvalue weighted by molar-refractivity contribution is 0.245. The maximum Gasteiger partial charge on any atom is 0.315 e. The number of urea groups is 1. The molecule has 1 rings (SSSR count). The van der Waals surface area contributed by atoms with Gasteiger partial charge in [0, 0.05) is 0 Å². The average Bonchev–Trinajstić information content (AvgIpc) is 2.56. The molecule has 0 saturated carbocycles. The van der Waals surface area contributed by atoms with Gasteiger partial charge in [-0.25, -0.2) is 4.79 Å². The Kier molecular flexibility index (Phi) is 4.23. The molecule has 3 nitrogen and oxygen atoms in total. The van der Waals surface area contributed by atoms with Gasteiger partial charge in [-0.3, -0.25) is 0 Å². The number of nitrogens with one attached hydrogen (secondary N) is 2. The van der Waals surface area contributed by atoms with Gasteiger partial charge >= 0.3 is 6.03 Å². The van der Waals surface area contributed by atoms with Gasteiger partial charge in [-0.05, 0) is 18.8 Å². The summed E-state index contributed by atoms with van der Waals surface area (Å²) < 4.78 is 0. The van der Waals surface area contributed by atoms with E-state index in [1.165, 1.54) is 19.3 Å². The predicted molar refractivity (Wildman–Crippen MR) is 58.2 cm³/mol. The van der Waals surface area contributed by atoms with E-state index in [-0.39, 0.29) is 6.03 Å². The zero-order valence-electron chi connectivity index (χ0n) is 9.47. The molecule has 1 heterocycles. The van der Waals surface area contributed by atoms with E-state index >= 15 is 0 Å². The maximum atomic E-state index is 11.2. The molecule has 0 aromatic rings. The van der Waals surface area contributed by atoms with E-state index < -0.39 is 0 Å². The van der Waals surface area contributed by atoms with Crippen molar-refractivity contribution < 1.29 is 4.79 Å². The minimum absolute atomic E-state index is 0.00481. The van der Waals surface area contributed by atoms with Crippen molar-refractivity contribution in [3.63, 3.8) is 0 Å². The number of hydrogen-bond acceptors (Lipinski definition) is 1. The van der Waals surface area contributed by atoms with Crippen LogP contribution in [0.3, 0.4) is 0 Å². The molecule has 1 aliphatic heterocycles. The Bertz CT molecular complexity index is 194. The standard InChI is InChI=1S/C11H22N2O/c1-4-6-7-8(3)10-9(5-2)12-11(14)13-10/h8-10H,4-7H2,1-3H3,(H2,12,13,14). The van der Waals surface area contributed by atoms with Crippen LogP contribution in [0, 0.1) is 5.92 Å². The number of carbonyl (C=O) groups excluding carboxylic acids is 1. The normalized spacial score (nSPS) is 28.4. The van der Waals surface area contributed by atoms with Crippen molar-refractivity contribution in [1.29, 1.82) is 0 Å². The number of rotatable bonds is 5. The SMILES string of the molecule is CCCCC(C)C1NC(=O)NC1CC. The first-order chi connectivity index (χ1) is 6.69. The molecule has 1 saturated heterocycles. The minimum atomic E-state index is 0.00481. The molecule has 0 aliphatic carbocycles. The fraction of sp³-hybridized carbons (Fsp3) is 0.909. The molecule has 0 spiro atoms. The molecule has 3 atom stereocenters. The van der Waals surface area contributed by atoms with Crippen molar-refractivity contribution in [2.45, 2.75) is 58.5 Å². The Hall–Kier alpha value is -0.730. The second kappa shape index (κ2) is 5.23. The van der Waals surface area contributed by atoms with Crippen molar-refractivity contribution in [3.8, 4) is 0 Å². The summed E-state index contributed by atoms with van der Waals surface area (Å²) in [7, 11) is 0. The van der Waals surface area contributed by atoms with Crippen LogP contribution in [0.5, 0.6) is 0 Å². The highest BCUT2D eigenvalue weighted by Gasteiger charge is 2.33. The fourth-order valence-electron chi connectivity index (χ4n) is 2.15. The summed E-state index contributed by atoms with van der Waals surface area (Å²) >= 11 is 0. The predicted octanol–water partition coefficient (Wildman–Crippen LogP) is 2.27. The Morgan fingerprint density at radius 1 is 1.36 bits per heavy atom. The first-order valence-electron chi connectivity index (χ1n) is 5.76. The monoisotopic (exact) mass is 198 g/mol. The molecule has 14 heavy (non-hydrogen) atoms. The Morgan fingerprint density at radius 3 is 2.64 bits per heavy atom. The summed E-state index contributed by atoms with van der Waals surface area (Å²) in [5.74, 6) is 0.582. The lowest BCUT2D eigenvalue weighted by Crippen LogP contribution is -2.38. The van der Waals surface area contributed by atoms with Crippen LogP contribution in [-0.4, -0.2) is 18.1 Å². The summed E-state index contributed by atoms with van der Waals surface area (Å²) in [5.41, 5.74) is 0. The average molecular weight is 198 g/mol. The lowest BCUT2D eigenvalue weighted by atomic mass is 9.90. The summed E-state index contributed by atoms with van der Waals surface area (Å²) in [4.78, 5) is 11.2. The van der Waals surface area contributed by atoms with E-state index in [1.54, 1.807) is 0 Å². The molecular weight excluding hydrogens is 176 g/mol. The van der Waals surface area contributed by atoms with E-state index in [4.69, 9.17) is 0 Å². The summed E-state index contributed by atoms with van der Waals surface area (Å²) in [6.45, 7) is 6.56. The van der Waals surface area contributed by atoms with E-state index in [0.717, 1.165) is 6.42 Å². The van der Waals surface area contributed by atoms with Gasteiger partial charge in [-0.2, -0.15) is 0 Å². The van der Waals surface area contributed by atoms with E-state index in [9.17, 15) is 4.79 Å². The van der Waals surface area contributed by atoms with Crippen molar-refractivity contribution in [3.05, 3.63) is 0 Å². The van der Waals surface area contributed by atoms with Gasteiger partial charge in [0.05, 0.1) is 12.1 Å². The number of unbranched alkanes of at least 4 members (excludes halogenated alkanes) is 1. The zero-order chi connectivity index (χ0) is 10.6. The summed E-state index contributed by atoms with van der Waals surface area (Å²) in [5, 5.41) is 5.97. The van der Waals surface area contributed by atoms with E-state index in [0.29, 0.717) is 18.0 Å². The Morgan fingerprint density at radius 2 is 2.07 bits per heavy atom. The van der Waals surface area contributed by atoms with Crippen LogP contribution in [-0.2, 0) is 0 Å². The van der Waals surface area contributed by atoms with Crippen LogP contribution in [0.25, 0.3) is 0 Å². The fourth-order valence-corrected chi connectivity index (χ4v) is 2.15. The molecule has 2 N–H and O–H groups in total. The number of hydrogen-bond donors (Lipinski definition) is 2. The van der Waals surface area contributed by atoms with Crippen LogP contribution >= 0.6 is 0 Å². The zero-order valence-corrected chi connectivity index (χ0v) is 9.47. The van der Waals surface area contributed by atoms with Crippen molar-refractivity contribution in [2.75, 3.05) is 0 Å². The van der Waals surface area contributed by atoms with Crippen molar-refractivity contribution in [2.24, 2.45) is 5.92 Å². The second-order valence-corrected chi connectivity index (χ2v) is 4.28. The molecule has 0 bridgehead atoms. The van der Waals surface area contributed by atoms with Gasteiger partial charge in [0.2, 0.25) is 0 Å². The smallest absolute Gasteiger partial charge is 0.315 e. The molecule has 2 amide bonds. The van der Waals surface area contributed by atoms with Crippen molar-refractivity contribution in [1.82, 2.24) is 10.6 Å². The van der Waals surface area contributed by atoms with E-state index in [2.05, 4.69) is 31.4 Å².